The minimum Gasteiger partial charge on any atom is -0.368 e. The first-order valence-corrected chi connectivity index (χ1v) is 6.80. The SMILES string of the molecule is Cn1c(C2CNCC(C)(C)CO2)nc2ccccc21. The molecule has 0 spiro atoms. The van der Waals surface area contributed by atoms with Gasteiger partial charge in [-0.2, -0.15) is 0 Å². The molecule has 1 N–H and O–H groups in total. The van der Waals surface area contributed by atoms with E-state index in [1.54, 1.807) is 0 Å². The van der Waals surface area contributed by atoms with Crippen LogP contribution in [0, 0.1) is 5.41 Å². The summed E-state index contributed by atoms with van der Waals surface area (Å²) in [4.78, 5) is 4.72. The first-order chi connectivity index (χ1) is 9.07. The monoisotopic (exact) mass is 259 g/mol. The lowest BCUT2D eigenvalue weighted by molar-refractivity contribution is 0.0202. The topological polar surface area (TPSA) is 39.1 Å². The van der Waals surface area contributed by atoms with Crippen LogP contribution in [-0.4, -0.2) is 29.2 Å². The lowest BCUT2D eigenvalue weighted by Crippen LogP contribution is -2.29. The van der Waals surface area contributed by atoms with Gasteiger partial charge in [0.25, 0.3) is 0 Å². The second-order valence-corrected chi connectivity index (χ2v) is 6.11. The molecule has 0 aliphatic carbocycles. The third-order valence-electron chi connectivity index (χ3n) is 3.72. The van der Waals surface area contributed by atoms with Crippen molar-refractivity contribution in [2.24, 2.45) is 12.5 Å². The minimum atomic E-state index is 0.0270. The molecule has 19 heavy (non-hydrogen) atoms. The van der Waals surface area contributed by atoms with Crippen LogP contribution in [0.25, 0.3) is 11.0 Å². The van der Waals surface area contributed by atoms with E-state index in [1.165, 1.54) is 0 Å². The van der Waals surface area contributed by atoms with Gasteiger partial charge >= 0.3 is 0 Å². The van der Waals surface area contributed by atoms with Crippen molar-refractivity contribution in [1.29, 1.82) is 0 Å². The van der Waals surface area contributed by atoms with Crippen LogP contribution in [0.2, 0.25) is 0 Å². The molecule has 1 fully saturated rings. The van der Waals surface area contributed by atoms with E-state index < -0.39 is 0 Å². The molecule has 2 heterocycles. The van der Waals surface area contributed by atoms with Gasteiger partial charge in [0.1, 0.15) is 11.9 Å². The fourth-order valence-electron chi connectivity index (χ4n) is 2.60. The Hall–Kier alpha value is -1.39. The maximum absolute atomic E-state index is 6.07. The number of aryl methyl sites for hydroxylation is 1. The van der Waals surface area contributed by atoms with Gasteiger partial charge in [0, 0.05) is 25.6 Å². The Morgan fingerprint density at radius 1 is 1.37 bits per heavy atom. The molecular formula is C15H21N3O. The van der Waals surface area contributed by atoms with Gasteiger partial charge in [-0.25, -0.2) is 4.98 Å². The van der Waals surface area contributed by atoms with Crippen molar-refractivity contribution in [3.8, 4) is 0 Å². The number of nitrogens with one attached hydrogen (secondary N) is 1. The Morgan fingerprint density at radius 2 is 2.16 bits per heavy atom. The number of ether oxygens (including phenoxy) is 1. The highest BCUT2D eigenvalue weighted by Gasteiger charge is 2.28. The summed E-state index contributed by atoms with van der Waals surface area (Å²) in [6.07, 6.45) is 0.0270. The van der Waals surface area contributed by atoms with E-state index in [0.29, 0.717) is 0 Å². The summed E-state index contributed by atoms with van der Waals surface area (Å²) >= 11 is 0. The van der Waals surface area contributed by atoms with Gasteiger partial charge in [-0.05, 0) is 12.1 Å². The van der Waals surface area contributed by atoms with Crippen molar-refractivity contribution in [2.45, 2.75) is 20.0 Å². The van der Waals surface area contributed by atoms with Crippen molar-refractivity contribution in [3.05, 3.63) is 30.1 Å². The quantitative estimate of drug-likeness (QED) is 0.854. The van der Waals surface area contributed by atoms with E-state index in [1.807, 2.05) is 18.2 Å². The molecule has 1 unspecified atom stereocenters. The third kappa shape index (κ3) is 2.38. The fourth-order valence-corrected chi connectivity index (χ4v) is 2.60. The highest BCUT2D eigenvalue weighted by Crippen LogP contribution is 2.26. The summed E-state index contributed by atoms with van der Waals surface area (Å²) in [6.45, 7) is 7.00. The number of aromatic nitrogens is 2. The second kappa shape index (κ2) is 4.62. The number of hydrogen-bond acceptors (Lipinski definition) is 3. The van der Waals surface area contributed by atoms with E-state index >= 15 is 0 Å². The van der Waals surface area contributed by atoms with Crippen molar-refractivity contribution in [2.75, 3.05) is 19.7 Å². The largest absolute Gasteiger partial charge is 0.368 e. The molecule has 4 nitrogen and oxygen atoms in total. The first kappa shape index (κ1) is 12.6. The van der Waals surface area contributed by atoms with E-state index in [9.17, 15) is 0 Å². The zero-order chi connectivity index (χ0) is 13.5. The smallest absolute Gasteiger partial charge is 0.140 e. The molecule has 102 valence electrons. The molecule has 1 aromatic carbocycles. The molecule has 1 aromatic heterocycles. The van der Waals surface area contributed by atoms with Gasteiger partial charge < -0.3 is 14.6 Å². The number of rotatable bonds is 1. The standard InChI is InChI=1S/C15H21N3O/c1-15(2)9-16-8-13(19-10-15)14-17-11-6-4-5-7-12(11)18(14)3/h4-7,13,16H,8-10H2,1-3H3. The van der Waals surface area contributed by atoms with Crippen molar-refractivity contribution in [1.82, 2.24) is 14.9 Å². The number of para-hydroxylation sites is 2. The maximum Gasteiger partial charge on any atom is 0.140 e. The van der Waals surface area contributed by atoms with E-state index in [-0.39, 0.29) is 11.5 Å². The normalized spacial score (nSPS) is 23.4. The van der Waals surface area contributed by atoms with Crippen LogP contribution in [0.3, 0.4) is 0 Å². The maximum atomic E-state index is 6.07. The molecule has 2 aromatic rings. The van der Waals surface area contributed by atoms with Crippen LogP contribution < -0.4 is 5.32 Å². The number of benzene rings is 1. The fraction of sp³-hybridized carbons (Fsp3) is 0.533. The number of nitrogens with zero attached hydrogens (tertiary/aromatic N) is 2. The third-order valence-corrected chi connectivity index (χ3v) is 3.72. The summed E-state index contributed by atoms with van der Waals surface area (Å²) in [5.74, 6) is 1.01. The van der Waals surface area contributed by atoms with Crippen LogP contribution in [0.5, 0.6) is 0 Å². The highest BCUT2D eigenvalue weighted by atomic mass is 16.5. The molecule has 1 aliphatic heterocycles. The average Bonchev–Trinajstić information content (AvgIpc) is 2.60. The molecule has 1 atom stereocenters. The summed E-state index contributed by atoms with van der Waals surface area (Å²) in [5.41, 5.74) is 2.37. The van der Waals surface area contributed by atoms with Crippen LogP contribution in [0.1, 0.15) is 25.8 Å². The van der Waals surface area contributed by atoms with Gasteiger partial charge in [0.15, 0.2) is 0 Å². The van der Waals surface area contributed by atoms with Crippen LogP contribution in [-0.2, 0) is 11.8 Å². The molecule has 4 heteroatoms. The van der Waals surface area contributed by atoms with Gasteiger partial charge in [-0.1, -0.05) is 26.0 Å². The van der Waals surface area contributed by atoms with Crippen molar-refractivity contribution in [3.63, 3.8) is 0 Å². The summed E-state index contributed by atoms with van der Waals surface area (Å²) in [5, 5.41) is 3.48. The Balaban J connectivity index is 1.93. The average molecular weight is 259 g/mol. The number of hydrogen-bond donors (Lipinski definition) is 1. The van der Waals surface area contributed by atoms with E-state index in [2.05, 4.69) is 36.8 Å². The molecule has 0 saturated carbocycles. The predicted octanol–water partition coefficient (Wildman–Crippen LogP) is 2.26. The molecule has 3 rings (SSSR count). The summed E-state index contributed by atoms with van der Waals surface area (Å²) in [7, 11) is 2.06. The number of imidazole rings is 1. The van der Waals surface area contributed by atoms with Crippen molar-refractivity contribution < 1.29 is 4.74 Å². The lowest BCUT2D eigenvalue weighted by Gasteiger charge is -2.21. The molecule has 0 amide bonds. The predicted molar refractivity (Wildman–Crippen MR) is 76.1 cm³/mol. The van der Waals surface area contributed by atoms with Crippen LogP contribution in [0.4, 0.5) is 0 Å². The zero-order valence-electron chi connectivity index (χ0n) is 11.8. The van der Waals surface area contributed by atoms with E-state index in [4.69, 9.17) is 9.72 Å². The molecule has 1 saturated heterocycles. The van der Waals surface area contributed by atoms with E-state index in [0.717, 1.165) is 36.6 Å². The summed E-state index contributed by atoms with van der Waals surface area (Å²) in [6, 6.07) is 8.21. The minimum absolute atomic E-state index is 0.0270. The van der Waals surface area contributed by atoms with Gasteiger partial charge in [0.05, 0.1) is 17.6 Å². The Morgan fingerprint density at radius 3 is 2.95 bits per heavy atom. The van der Waals surface area contributed by atoms with Gasteiger partial charge in [-0.15, -0.1) is 0 Å². The molecule has 0 bridgehead atoms. The first-order valence-electron chi connectivity index (χ1n) is 6.80. The molecule has 1 aliphatic rings. The lowest BCUT2D eigenvalue weighted by atomic mass is 9.95. The zero-order valence-corrected chi connectivity index (χ0v) is 11.8. The number of fused-ring (bicyclic) bond motifs is 1. The second-order valence-electron chi connectivity index (χ2n) is 6.11. The van der Waals surface area contributed by atoms with Gasteiger partial charge in [0.2, 0.25) is 0 Å². The molecule has 0 radical (unpaired) electrons. The van der Waals surface area contributed by atoms with Crippen LogP contribution >= 0.6 is 0 Å². The highest BCUT2D eigenvalue weighted by molar-refractivity contribution is 5.75. The Bertz CT molecular complexity index is 588. The van der Waals surface area contributed by atoms with Crippen LogP contribution in [0.15, 0.2) is 24.3 Å². The van der Waals surface area contributed by atoms with Gasteiger partial charge in [-0.3, -0.25) is 0 Å². The summed E-state index contributed by atoms with van der Waals surface area (Å²) < 4.78 is 8.21. The Kier molecular flexibility index (Phi) is 3.07. The van der Waals surface area contributed by atoms with Crippen molar-refractivity contribution >= 4 is 11.0 Å². The Labute approximate surface area is 113 Å². The molecular weight excluding hydrogens is 238 g/mol.